The molecule has 1 saturated heterocycles. The minimum atomic E-state index is 0.0848. The van der Waals surface area contributed by atoms with E-state index in [0.717, 1.165) is 51.6 Å². The molecule has 0 aromatic heterocycles. The van der Waals surface area contributed by atoms with E-state index in [-0.39, 0.29) is 5.91 Å². The van der Waals surface area contributed by atoms with Gasteiger partial charge in [-0.15, -0.1) is 0 Å². The molecule has 1 N–H and O–H groups in total. The average Bonchev–Trinajstić information content (AvgIpc) is 2.60. The Kier molecular flexibility index (Phi) is 8.39. The van der Waals surface area contributed by atoms with Gasteiger partial charge in [0, 0.05) is 50.5 Å². The molecule has 0 spiro atoms. The van der Waals surface area contributed by atoms with E-state index in [1.807, 2.05) is 12.1 Å². The Labute approximate surface area is 158 Å². The molecule has 2 rings (SSSR count). The highest BCUT2D eigenvalue weighted by atomic mass is 16.5. The van der Waals surface area contributed by atoms with Gasteiger partial charge in [-0.3, -0.25) is 4.79 Å². The Hall–Kier alpha value is -1.59. The van der Waals surface area contributed by atoms with Gasteiger partial charge in [-0.2, -0.15) is 0 Å². The van der Waals surface area contributed by atoms with Crippen molar-refractivity contribution >= 4 is 17.3 Å². The number of nitrogens with one attached hydrogen (secondary N) is 1. The van der Waals surface area contributed by atoms with Gasteiger partial charge in [0.1, 0.15) is 0 Å². The summed E-state index contributed by atoms with van der Waals surface area (Å²) in [5, 5.41) is 3.03. The molecule has 1 aliphatic rings. The van der Waals surface area contributed by atoms with E-state index < -0.39 is 0 Å². The molecular formula is C21H35N3O2. The Morgan fingerprint density at radius 3 is 2.19 bits per heavy atom. The summed E-state index contributed by atoms with van der Waals surface area (Å²) < 4.78 is 5.39. The van der Waals surface area contributed by atoms with Crippen LogP contribution in [0.25, 0.3) is 0 Å². The molecule has 1 aromatic carbocycles. The van der Waals surface area contributed by atoms with Crippen molar-refractivity contribution in [1.29, 1.82) is 0 Å². The first-order valence-corrected chi connectivity index (χ1v) is 9.89. The standard InChI is InChI=1S/C21H35N3O2/c1-17(2)15-23(16-18(3)4)10-9-21(25)22-19-5-7-20(8-6-19)24-11-13-26-14-12-24/h5-8,17-18H,9-16H2,1-4H3,(H,22,25). The predicted molar refractivity (Wildman–Crippen MR) is 109 cm³/mol. The van der Waals surface area contributed by atoms with Gasteiger partial charge >= 0.3 is 0 Å². The first-order valence-electron chi connectivity index (χ1n) is 9.89. The molecular weight excluding hydrogens is 326 g/mol. The topological polar surface area (TPSA) is 44.8 Å². The minimum absolute atomic E-state index is 0.0848. The summed E-state index contributed by atoms with van der Waals surface area (Å²) >= 11 is 0. The summed E-state index contributed by atoms with van der Waals surface area (Å²) in [6.45, 7) is 15.2. The van der Waals surface area contributed by atoms with Crippen LogP contribution in [-0.4, -0.2) is 56.7 Å². The second-order valence-electron chi connectivity index (χ2n) is 7.99. The number of ether oxygens (including phenoxy) is 1. The largest absolute Gasteiger partial charge is 0.378 e. The van der Waals surface area contributed by atoms with Crippen LogP contribution in [-0.2, 0) is 9.53 Å². The first-order chi connectivity index (χ1) is 12.4. The van der Waals surface area contributed by atoms with Gasteiger partial charge in [-0.05, 0) is 36.1 Å². The van der Waals surface area contributed by atoms with Crippen LogP contribution < -0.4 is 10.2 Å². The molecule has 0 radical (unpaired) electrons. The SMILES string of the molecule is CC(C)CN(CCC(=O)Nc1ccc(N2CCOCC2)cc1)CC(C)C. The number of morpholine rings is 1. The van der Waals surface area contributed by atoms with E-state index in [4.69, 9.17) is 4.74 Å². The van der Waals surface area contributed by atoms with E-state index in [1.54, 1.807) is 0 Å². The molecule has 1 amide bonds. The maximum atomic E-state index is 12.3. The lowest BCUT2D eigenvalue weighted by atomic mass is 10.1. The summed E-state index contributed by atoms with van der Waals surface area (Å²) in [4.78, 5) is 17.0. The summed E-state index contributed by atoms with van der Waals surface area (Å²) in [5.74, 6) is 1.32. The zero-order valence-corrected chi connectivity index (χ0v) is 16.8. The quantitative estimate of drug-likeness (QED) is 0.731. The van der Waals surface area contributed by atoms with E-state index in [2.05, 4.69) is 54.9 Å². The van der Waals surface area contributed by atoms with Gasteiger partial charge in [0.25, 0.3) is 0 Å². The second kappa shape index (κ2) is 10.5. The number of anilines is 2. The summed E-state index contributed by atoms with van der Waals surface area (Å²) in [6, 6.07) is 8.13. The lowest BCUT2D eigenvalue weighted by Gasteiger charge is -2.29. The molecule has 146 valence electrons. The Morgan fingerprint density at radius 2 is 1.65 bits per heavy atom. The number of amides is 1. The molecule has 5 heteroatoms. The molecule has 0 aliphatic carbocycles. The lowest BCUT2D eigenvalue weighted by Crippen LogP contribution is -2.36. The van der Waals surface area contributed by atoms with E-state index in [1.165, 1.54) is 5.69 Å². The molecule has 0 bridgehead atoms. The Morgan fingerprint density at radius 1 is 1.08 bits per heavy atom. The van der Waals surface area contributed by atoms with Crippen LogP contribution >= 0.6 is 0 Å². The van der Waals surface area contributed by atoms with Gasteiger partial charge in [-0.1, -0.05) is 27.7 Å². The van der Waals surface area contributed by atoms with Crippen molar-refractivity contribution in [2.75, 3.05) is 56.2 Å². The molecule has 0 atom stereocenters. The highest BCUT2D eigenvalue weighted by molar-refractivity contribution is 5.91. The number of hydrogen-bond acceptors (Lipinski definition) is 4. The fraction of sp³-hybridized carbons (Fsp3) is 0.667. The van der Waals surface area contributed by atoms with Crippen molar-refractivity contribution in [2.24, 2.45) is 11.8 Å². The minimum Gasteiger partial charge on any atom is -0.378 e. The lowest BCUT2D eigenvalue weighted by molar-refractivity contribution is -0.116. The molecule has 1 aromatic rings. The molecule has 1 fully saturated rings. The number of carbonyl (C=O) groups is 1. The highest BCUT2D eigenvalue weighted by Crippen LogP contribution is 2.19. The zero-order chi connectivity index (χ0) is 18.9. The van der Waals surface area contributed by atoms with Crippen LogP contribution in [0, 0.1) is 11.8 Å². The van der Waals surface area contributed by atoms with Gasteiger partial charge in [0.2, 0.25) is 5.91 Å². The second-order valence-corrected chi connectivity index (χ2v) is 7.99. The number of hydrogen-bond donors (Lipinski definition) is 1. The molecule has 26 heavy (non-hydrogen) atoms. The van der Waals surface area contributed by atoms with Crippen molar-refractivity contribution in [3.63, 3.8) is 0 Å². The van der Waals surface area contributed by atoms with Crippen LogP contribution in [0.15, 0.2) is 24.3 Å². The monoisotopic (exact) mass is 361 g/mol. The zero-order valence-electron chi connectivity index (χ0n) is 16.8. The number of carbonyl (C=O) groups excluding carboxylic acids is 1. The van der Waals surface area contributed by atoms with E-state index in [0.29, 0.717) is 18.3 Å². The summed E-state index contributed by atoms with van der Waals surface area (Å²) in [5.41, 5.74) is 2.05. The Balaban J connectivity index is 1.80. The molecule has 1 heterocycles. The fourth-order valence-corrected chi connectivity index (χ4v) is 3.35. The number of rotatable bonds is 9. The molecule has 0 saturated carbocycles. The molecule has 0 unspecified atom stereocenters. The van der Waals surface area contributed by atoms with E-state index >= 15 is 0 Å². The predicted octanol–water partition coefficient (Wildman–Crippen LogP) is 3.47. The number of nitrogens with zero attached hydrogens (tertiary/aromatic N) is 2. The van der Waals surface area contributed by atoms with Crippen LogP contribution in [0.5, 0.6) is 0 Å². The van der Waals surface area contributed by atoms with Crippen molar-refractivity contribution in [3.05, 3.63) is 24.3 Å². The smallest absolute Gasteiger partial charge is 0.225 e. The molecule has 1 aliphatic heterocycles. The van der Waals surface area contributed by atoms with Gasteiger partial charge in [-0.25, -0.2) is 0 Å². The first kappa shape index (κ1) is 20.7. The maximum absolute atomic E-state index is 12.3. The molecule has 5 nitrogen and oxygen atoms in total. The maximum Gasteiger partial charge on any atom is 0.225 e. The van der Waals surface area contributed by atoms with Gasteiger partial charge in [0.15, 0.2) is 0 Å². The van der Waals surface area contributed by atoms with E-state index in [9.17, 15) is 4.79 Å². The normalized spacial score (nSPS) is 15.1. The van der Waals surface area contributed by atoms with Crippen LogP contribution in [0.4, 0.5) is 11.4 Å². The number of benzene rings is 1. The summed E-state index contributed by atoms with van der Waals surface area (Å²) in [7, 11) is 0. The Bertz CT molecular complexity index is 527. The third-order valence-corrected chi connectivity index (χ3v) is 4.43. The average molecular weight is 362 g/mol. The third-order valence-electron chi connectivity index (χ3n) is 4.43. The summed E-state index contributed by atoms with van der Waals surface area (Å²) in [6.07, 6.45) is 0.532. The highest BCUT2D eigenvalue weighted by Gasteiger charge is 2.13. The van der Waals surface area contributed by atoms with Crippen LogP contribution in [0.2, 0.25) is 0 Å². The third kappa shape index (κ3) is 7.34. The van der Waals surface area contributed by atoms with Gasteiger partial charge in [0.05, 0.1) is 13.2 Å². The van der Waals surface area contributed by atoms with Crippen molar-refractivity contribution in [3.8, 4) is 0 Å². The van der Waals surface area contributed by atoms with Crippen LogP contribution in [0.3, 0.4) is 0 Å². The van der Waals surface area contributed by atoms with Crippen molar-refractivity contribution in [2.45, 2.75) is 34.1 Å². The fourth-order valence-electron chi connectivity index (χ4n) is 3.35. The van der Waals surface area contributed by atoms with Gasteiger partial charge < -0.3 is 19.9 Å². The van der Waals surface area contributed by atoms with Crippen molar-refractivity contribution < 1.29 is 9.53 Å². The van der Waals surface area contributed by atoms with Crippen molar-refractivity contribution in [1.82, 2.24) is 4.90 Å². The van der Waals surface area contributed by atoms with Crippen LogP contribution in [0.1, 0.15) is 34.1 Å².